The van der Waals surface area contributed by atoms with E-state index in [1.165, 1.54) is 23.5 Å². The minimum absolute atomic E-state index is 0.00594. The lowest BCUT2D eigenvalue weighted by molar-refractivity contribution is -0.117. The summed E-state index contributed by atoms with van der Waals surface area (Å²) in [6.45, 7) is 4.14. The number of carbonyl (C=O) groups is 1. The van der Waals surface area contributed by atoms with Gasteiger partial charge in [-0.2, -0.15) is 0 Å². The predicted octanol–water partition coefficient (Wildman–Crippen LogP) is 4.48. The molecule has 0 radical (unpaired) electrons. The van der Waals surface area contributed by atoms with Crippen molar-refractivity contribution >= 4 is 28.7 Å². The molecule has 2 atom stereocenters. The van der Waals surface area contributed by atoms with E-state index >= 15 is 0 Å². The van der Waals surface area contributed by atoms with Crippen molar-refractivity contribution in [2.24, 2.45) is 4.99 Å². The lowest BCUT2D eigenvalue weighted by Gasteiger charge is -2.24. The first-order valence-corrected chi connectivity index (χ1v) is 10.3. The Labute approximate surface area is 175 Å². The highest BCUT2D eigenvalue weighted by Gasteiger charge is 2.32. The van der Waals surface area contributed by atoms with Crippen molar-refractivity contribution in [1.29, 1.82) is 0 Å². The van der Waals surface area contributed by atoms with Crippen LogP contribution in [0.15, 0.2) is 51.9 Å². The van der Waals surface area contributed by atoms with Crippen molar-refractivity contribution in [3.8, 4) is 0 Å². The molecule has 0 fully saturated rings. The minimum atomic E-state index is -2.93. The molecule has 2 aliphatic heterocycles. The molecule has 0 spiro atoms. The van der Waals surface area contributed by atoms with Crippen molar-refractivity contribution in [1.82, 2.24) is 15.2 Å². The number of halogens is 3. The van der Waals surface area contributed by atoms with Gasteiger partial charge >= 0.3 is 0 Å². The van der Waals surface area contributed by atoms with E-state index in [0.717, 1.165) is 17.3 Å². The summed E-state index contributed by atoms with van der Waals surface area (Å²) < 4.78 is 40.5. The molecule has 30 heavy (non-hydrogen) atoms. The number of aliphatic imine (C=N–C) groups is 1. The maximum atomic E-state index is 14.5. The van der Waals surface area contributed by atoms with Gasteiger partial charge in [-0.25, -0.2) is 18.2 Å². The molecule has 0 saturated carbocycles. The lowest BCUT2D eigenvalue weighted by atomic mass is 10.0. The average molecular weight is 432 g/mol. The van der Waals surface area contributed by atoms with Crippen molar-refractivity contribution in [3.05, 3.63) is 69.6 Å². The topological polar surface area (TPSA) is 57.6 Å². The summed E-state index contributed by atoms with van der Waals surface area (Å²) in [6.07, 6.45) is 0.683. The summed E-state index contributed by atoms with van der Waals surface area (Å²) in [5.41, 5.74) is 2.88. The number of fused-ring (bicyclic) bond motifs is 1. The number of nitrogens with one attached hydrogen (secondary N) is 1. The third-order valence-electron chi connectivity index (χ3n) is 4.99. The molecule has 4 rings (SSSR count). The summed E-state index contributed by atoms with van der Waals surface area (Å²) in [5, 5.41) is 4.60. The molecule has 9 heteroatoms. The zero-order chi connectivity index (χ0) is 21.4. The first-order chi connectivity index (χ1) is 14.3. The quantitative estimate of drug-likeness (QED) is 0.758. The number of hydrogen-bond acceptors (Lipinski definition) is 5. The number of nitrogens with zero attached hydrogens (tertiary/aromatic N) is 3. The van der Waals surface area contributed by atoms with Gasteiger partial charge in [-0.1, -0.05) is 18.2 Å². The Morgan fingerprint density at radius 2 is 2.10 bits per heavy atom. The standard InChI is InChI=1S/C21H19F3N4OS/c1-11-7-28-8-13(17-9-30-10-25-17)6-16(20(28)26-11)21(29)27-12(2)14-4-3-5-15(18(14)22)19(23)24/h3-6,8-12,19H,7H2,1-2H3,(H,27,29)/t11-,12-/m1/s1. The Morgan fingerprint density at radius 3 is 2.80 bits per heavy atom. The second kappa shape index (κ2) is 8.06. The Morgan fingerprint density at radius 1 is 1.33 bits per heavy atom. The Bertz CT molecular complexity index is 1060. The number of alkyl halides is 2. The third-order valence-corrected chi connectivity index (χ3v) is 5.58. The summed E-state index contributed by atoms with van der Waals surface area (Å²) in [6, 6.07) is 3.00. The first-order valence-electron chi connectivity index (χ1n) is 9.39. The van der Waals surface area contributed by atoms with Crippen LogP contribution in [0.5, 0.6) is 0 Å². The summed E-state index contributed by atoms with van der Waals surface area (Å²) in [7, 11) is 0. The minimum Gasteiger partial charge on any atom is -0.345 e. The van der Waals surface area contributed by atoms with Crippen LogP contribution < -0.4 is 5.32 Å². The zero-order valence-corrected chi connectivity index (χ0v) is 17.1. The number of hydrogen-bond donors (Lipinski definition) is 1. The molecule has 0 bridgehead atoms. The van der Waals surface area contributed by atoms with Crippen LogP contribution in [-0.2, 0) is 4.79 Å². The van der Waals surface area contributed by atoms with Gasteiger partial charge in [0.2, 0.25) is 0 Å². The predicted molar refractivity (Wildman–Crippen MR) is 110 cm³/mol. The Hall–Kier alpha value is -2.94. The molecular weight excluding hydrogens is 413 g/mol. The third kappa shape index (κ3) is 3.77. The monoisotopic (exact) mass is 432 g/mol. The van der Waals surface area contributed by atoms with Gasteiger partial charge in [-0.3, -0.25) is 9.79 Å². The molecule has 0 saturated heterocycles. The van der Waals surface area contributed by atoms with Crippen LogP contribution in [0.1, 0.15) is 43.1 Å². The van der Waals surface area contributed by atoms with Gasteiger partial charge in [0, 0.05) is 29.3 Å². The van der Waals surface area contributed by atoms with Crippen molar-refractivity contribution in [2.75, 3.05) is 6.54 Å². The molecule has 1 aromatic heterocycles. The number of benzene rings is 1. The van der Waals surface area contributed by atoms with Crippen LogP contribution in [-0.4, -0.2) is 34.2 Å². The van der Waals surface area contributed by atoms with Crippen molar-refractivity contribution < 1.29 is 18.0 Å². The van der Waals surface area contributed by atoms with Gasteiger partial charge in [-0.15, -0.1) is 11.3 Å². The van der Waals surface area contributed by atoms with E-state index in [0.29, 0.717) is 18.0 Å². The maximum absolute atomic E-state index is 14.5. The molecule has 2 aliphatic rings. The SMILES string of the molecule is C[C@@H]1CN2C=C(c3cscn3)C=C(C(=O)N[C@H](C)c3cccc(C(F)F)c3F)C2=N1. The number of amidine groups is 1. The molecule has 1 N–H and O–H groups in total. The highest BCUT2D eigenvalue weighted by Crippen LogP contribution is 2.30. The maximum Gasteiger partial charge on any atom is 0.266 e. The van der Waals surface area contributed by atoms with Gasteiger partial charge < -0.3 is 10.2 Å². The van der Waals surface area contributed by atoms with Crippen LogP contribution >= 0.6 is 11.3 Å². The van der Waals surface area contributed by atoms with Gasteiger partial charge in [0.05, 0.1) is 34.4 Å². The van der Waals surface area contributed by atoms with E-state index < -0.39 is 29.8 Å². The fourth-order valence-corrected chi connectivity index (χ4v) is 4.11. The molecule has 1 aromatic carbocycles. The summed E-state index contributed by atoms with van der Waals surface area (Å²) >= 11 is 1.45. The molecule has 156 valence electrons. The van der Waals surface area contributed by atoms with Crippen LogP contribution in [0.25, 0.3) is 5.57 Å². The fraction of sp³-hybridized carbons (Fsp3) is 0.286. The van der Waals surface area contributed by atoms with E-state index in [1.54, 1.807) is 18.5 Å². The average Bonchev–Trinajstić information content (AvgIpc) is 3.35. The first kappa shape index (κ1) is 20.3. The highest BCUT2D eigenvalue weighted by atomic mass is 32.1. The van der Waals surface area contributed by atoms with Gasteiger partial charge in [0.1, 0.15) is 11.7 Å². The smallest absolute Gasteiger partial charge is 0.266 e. The number of aromatic nitrogens is 1. The number of carbonyl (C=O) groups excluding carboxylic acids is 1. The molecule has 5 nitrogen and oxygen atoms in total. The number of amides is 1. The van der Waals surface area contributed by atoms with Crippen molar-refractivity contribution in [2.45, 2.75) is 32.4 Å². The number of rotatable bonds is 5. The molecule has 0 aliphatic carbocycles. The van der Waals surface area contributed by atoms with Crippen LogP contribution in [0.2, 0.25) is 0 Å². The van der Waals surface area contributed by atoms with Crippen LogP contribution in [0, 0.1) is 5.82 Å². The largest absolute Gasteiger partial charge is 0.345 e. The van der Waals surface area contributed by atoms with Crippen LogP contribution in [0.3, 0.4) is 0 Å². The summed E-state index contributed by atoms with van der Waals surface area (Å²) in [4.78, 5) is 23.8. The Kier molecular flexibility index (Phi) is 5.46. The molecule has 0 unspecified atom stereocenters. The second-order valence-corrected chi connectivity index (χ2v) is 7.94. The van der Waals surface area contributed by atoms with E-state index in [-0.39, 0.29) is 11.6 Å². The van der Waals surface area contributed by atoms with Gasteiger partial charge in [-0.05, 0) is 19.9 Å². The van der Waals surface area contributed by atoms with E-state index in [1.807, 2.05) is 23.4 Å². The van der Waals surface area contributed by atoms with Crippen molar-refractivity contribution in [3.63, 3.8) is 0 Å². The molecular formula is C21H19F3N4OS. The van der Waals surface area contributed by atoms with Gasteiger partial charge in [0.15, 0.2) is 0 Å². The highest BCUT2D eigenvalue weighted by molar-refractivity contribution is 7.07. The second-order valence-electron chi connectivity index (χ2n) is 7.22. The van der Waals surface area contributed by atoms with Gasteiger partial charge in [0.25, 0.3) is 12.3 Å². The molecule has 1 amide bonds. The van der Waals surface area contributed by atoms with E-state index in [4.69, 9.17) is 0 Å². The van der Waals surface area contributed by atoms with E-state index in [2.05, 4.69) is 15.3 Å². The van der Waals surface area contributed by atoms with E-state index in [9.17, 15) is 18.0 Å². The zero-order valence-electron chi connectivity index (χ0n) is 16.3. The number of thiazole rings is 1. The molecule has 2 aromatic rings. The fourth-order valence-electron chi connectivity index (χ4n) is 3.54. The number of allylic oxidation sites excluding steroid dienone is 2. The summed E-state index contributed by atoms with van der Waals surface area (Å²) in [5.74, 6) is -0.926. The van der Waals surface area contributed by atoms with Crippen LogP contribution in [0.4, 0.5) is 13.2 Å². The normalized spacial score (nSPS) is 19.2. The lowest BCUT2D eigenvalue weighted by Crippen LogP contribution is -2.37. The molecule has 3 heterocycles. The Balaban J connectivity index is 1.62.